The first-order valence-electron chi connectivity index (χ1n) is 10.1. The third kappa shape index (κ3) is 4.84. The van der Waals surface area contributed by atoms with E-state index in [1.54, 1.807) is 7.11 Å². The van der Waals surface area contributed by atoms with Crippen LogP contribution in [0.4, 0.5) is 5.82 Å². The first kappa shape index (κ1) is 20.5. The van der Waals surface area contributed by atoms with Gasteiger partial charge in [-0.3, -0.25) is 9.89 Å². The molecule has 2 aromatic carbocycles. The molecule has 7 heteroatoms. The van der Waals surface area contributed by atoms with Crippen molar-refractivity contribution in [1.82, 2.24) is 15.1 Å². The minimum absolute atomic E-state index is 0.155. The summed E-state index contributed by atoms with van der Waals surface area (Å²) in [5.74, 6) is 1.86. The number of aromatic amines is 1. The summed E-state index contributed by atoms with van der Waals surface area (Å²) in [5, 5.41) is 7.65. The molecule has 0 bridgehead atoms. The Balaban J connectivity index is 1.38. The van der Waals surface area contributed by atoms with Crippen molar-refractivity contribution in [2.45, 2.75) is 12.8 Å². The standard InChI is InChI=1S/C23H25BrN4O2/c1-30-20-5-2-4-17(14-20)15-23(29)28-11-3-10-27(12-13-28)22-16-21(25-26-22)18-6-8-19(24)9-7-18/h2,4-9,14,16H,3,10-13,15H2,1H3,(H,25,26). The van der Waals surface area contributed by atoms with Gasteiger partial charge in [0.05, 0.1) is 19.2 Å². The summed E-state index contributed by atoms with van der Waals surface area (Å²) in [5.41, 5.74) is 3.07. The number of nitrogens with one attached hydrogen (secondary N) is 1. The lowest BCUT2D eigenvalue weighted by atomic mass is 10.1. The van der Waals surface area contributed by atoms with Crippen molar-refractivity contribution in [1.29, 1.82) is 0 Å². The van der Waals surface area contributed by atoms with Gasteiger partial charge in [0, 0.05) is 36.7 Å². The number of aromatic nitrogens is 2. The van der Waals surface area contributed by atoms with E-state index >= 15 is 0 Å². The van der Waals surface area contributed by atoms with Gasteiger partial charge in [-0.25, -0.2) is 0 Å². The fourth-order valence-corrected chi connectivity index (χ4v) is 3.98. The fraction of sp³-hybridized carbons (Fsp3) is 0.304. The molecule has 1 N–H and O–H groups in total. The number of hydrogen-bond acceptors (Lipinski definition) is 4. The lowest BCUT2D eigenvalue weighted by Gasteiger charge is -2.22. The van der Waals surface area contributed by atoms with Crippen LogP contribution >= 0.6 is 15.9 Å². The Kier molecular flexibility index (Phi) is 6.38. The van der Waals surface area contributed by atoms with Gasteiger partial charge in [-0.15, -0.1) is 0 Å². The number of hydrogen-bond donors (Lipinski definition) is 1. The maximum atomic E-state index is 12.8. The minimum atomic E-state index is 0.155. The van der Waals surface area contributed by atoms with Gasteiger partial charge >= 0.3 is 0 Å². The number of anilines is 1. The Hall–Kier alpha value is -2.80. The maximum absolute atomic E-state index is 12.8. The van der Waals surface area contributed by atoms with E-state index in [9.17, 15) is 4.79 Å². The molecule has 1 amide bonds. The Bertz CT molecular complexity index is 1000. The molecule has 1 aromatic heterocycles. The normalized spacial score (nSPS) is 14.5. The molecule has 0 atom stereocenters. The Morgan fingerprint density at radius 1 is 1.10 bits per heavy atom. The zero-order valence-electron chi connectivity index (χ0n) is 17.0. The number of rotatable bonds is 5. The molecular weight excluding hydrogens is 444 g/mol. The van der Waals surface area contributed by atoms with Crippen molar-refractivity contribution in [2.24, 2.45) is 0 Å². The quantitative estimate of drug-likeness (QED) is 0.611. The van der Waals surface area contributed by atoms with Crippen LogP contribution in [0.2, 0.25) is 0 Å². The van der Waals surface area contributed by atoms with Crippen molar-refractivity contribution in [2.75, 3.05) is 38.2 Å². The molecular formula is C23H25BrN4O2. The van der Waals surface area contributed by atoms with Gasteiger partial charge in [-0.1, -0.05) is 40.2 Å². The lowest BCUT2D eigenvalue weighted by Crippen LogP contribution is -2.36. The number of methoxy groups -OCH3 is 1. The molecule has 0 aliphatic carbocycles. The molecule has 1 saturated heterocycles. The predicted octanol–water partition coefficient (Wildman–Crippen LogP) is 4.13. The predicted molar refractivity (Wildman–Crippen MR) is 122 cm³/mol. The van der Waals surface area contributed by atoms with Crippen LogP contribution < -0.4 is 9.64 Å². The monoisotopic (exact) mass is 468 g/mol. The highest BCUT2D eigenvalue weighted by atomic mass is 79.9. The van der Waals surface area contributed by atoms with E-state index in [1.807, 2.05) is 41.3 Å². The van der Waals surface area contributed by atoms with E-state index in [0.717, 1.165) is 58.9 Å². The van der Waals surface area contributed by atoms with Gasteiger partial charge in [0.15, 0.2) is 5.82 Å². The second-order valence-corrected chi connectivity index (χ2v) is 8.31. The third-order valence-electron chi connectivity index (χ3n) is 5.38. The van der Waals surface area contributed by atoms with E-state index in [1.165, 1.54) is 0 Å². The van der Waals surface area contributed by atoms with Crippen molar-refractivity contribution in [3.05, 3.63) is 64.6 Å². The van der Waals surface area contributed by atoms with Crippen molar-refractivity contribution in [3.8, 4) is 17.0 Å². The second-order valence-electron chi connectivity index (χ2n) is 7.40. The topological polar surface area (TPSA) is 61.5 Å². The summed E-state index contributed by atoms with van der Waals surface area (Å²) in [6, 6.07) is 18.0. The van der Waals surface area contributed by atoms with Crippen LogP contribution in [0.25, 0.3) is 11.3 Å². The summed E-state index contributed by atoms with van der Waals surface area (Å²) < 4.78 is 6.31. The SMILES string of the molecule is COc1cccc(CC(=O)N2CCCN(c3cc(-c4ccc(Br)cc4)[nH]n3)CC2)c1. The largest absolute Gasteiger partial charge is 0.497 e. The number of H-pyrrole nitrogens is 1. The molecule has 6 nitrogen and oxygen atoms in total. The van der Waals surface area contributed by atoms with Crippen molar-refractivity contribution < 1.29 is 9.53 Å². The highest BCUT2D eigenvalue weighted by Gasteiger charge is 2.21. The highest BCUT2D eigenvalue weighted by molar-refractivity contribution is 9.10. The second kappa shape index (κ2) is 9.34. The van der Waals surface area contributed by atoms with E-state index in [-0.39, 0.29) is 5.91 Å². The number of ether oxygens (including phenoxy) is 1. The maximum Gasteiger partial charge on any atom is 0.227 e. The Morgan fingerprint density at radius 2 is 1.93 bits per heavy atom. The molecule has 2 heterocycles. The van der Waals surface area contributed by atoms with Crippen LogP contribution in [-0.2, 0) is 11.2 Å². The van der Waals surface area contributed by atoms with Gasteiger partial charge in [0.25, 0.3) is 0 Å². The van der Waals surface area contributed by atoms with Crippen molar-refractivity contribution in [3.63, 3.8) is 0 Å². The number of halogens is 1. The molecule has 1 aliphatic rings. The first-order chi connectivity index (χ1) is 14.6. The molecule has 4 rings (SSSR count). The van der Waals surface area contributed by atoms with Gasteiger partial charge in [-0.2, -0.15) is 5.10 Å². The van der Waals surface area contributed by atoms with Crippen LogP contribution in [0.3, 0.4) is 0 Å². The van der Waals surface area contributed by atoms with E-state index in [4.69, 9.17) is 4.74 Å². The summed E-state index contributed by atoms with van der Waals surface area (Å²) in [7, 11) is 1.64. The Labute approximate surface area is 185 Å². The lowest BCUT2D eigenvalue weighted by molar-refractivity contribution is -0.130. The van der Waals surface area contributed by atoms with Crippen LogP contribution in [0.5, 0.6) is 5.75 Å². The van der Waals surface area contributed by atoms with Crippen LogP contribution in [-0.4, -0.2) is 54.3 Å². The van der Waals surface area contributed by atoms with Crippen LogP contribution in [0, 0.1) is 0 Å². The third-order valence-corrected chi connectivity index (χ3v) is 5.91. The number of nitrogens with zero attached hydrogens (tertiary/aromatic N) is 3. The van der Waals surface area contributed by atoms with E-state index < -0.39 is 0 Å². The number of amides is 1. The molecule has 0 unspecified atom stereocenters. The summed E-state index contributed by atoms with van der Waals surface area (Å²) in [4.78, 5) is 17.0. The molecule has 0 spiro atoms. The molecule has 0 saturated carbocycles. The summed E-state index contributed by atoms with van der Waals surface area (Å²) in [6.07, 6.45) is 1.32. The zero-order chi connectivity index (χ0) is 20.9. The summed E-state index contributed by atoms with van der Waals surface area (Å²) in [6.45, 7) is 3.12. The number of benzene rings is 2. The smallest absolute Gasteiger partial charge is 0.227 e. The molecule has 30 heavy (non-hydrogen) atoms. The first-order valence-corrected chi connectivity index (χ1v) is 10.9. The van der Waals surface area contributed by atoms with Gasteiger partial charge in [0.1, 0.15) is 5.75 Å². The van der Waals surface area contributed by atoms with E-state index in [2.05, 4.69) is 49.2 Å². The minimum Gasteiger partial charge on any atom is -0.497 e. The van der Waals surface area contributed by atoms with Gasteiger partial charge in [0.2, 0.25) is 5.91 Å². The van der Waals surface area contributed by atoms with E-state index in [0.29, 0.717) is 13.0 Å². The number of carbonyl (C=O) groups excluding carboxylic acids is 1. The van der Waals surface area contributed by atoms with Crippen LogP contribution in [0.1, 0.15) is 12.0 Å². The fourth-order valence-electron chi connectivity index (χ4n) is 3.72. The Morgan fingerprint density at radius 3 is 2.73 bits per heavy atom. The van der Waals surface area contributed by atoms with Crippen molar-refractivity contribution >= 4 is 27.7 Å². The number of carbonyl (C=O) groups is 1. The molecule has 1 aliphatic heterocycles. The van der Waals surface area contributed by atoms with Gasteiger partial charge in [-0.05, 0) is 41.8 Å². The zero-order valence-corrected chi connectivity index (χ0v) is 18.6. The molecule has 1 fully saturated rings. The average molecular weight is 469 g/mol. The highest BCUT2D eigenvalue weighted by Crippen LogP contribution is 2.24. The van der Waals surface area contributed by atoms with Crippen LogP contribution in [0.15, 0.2) is 59.1 Å². The molecule has 3 aromatic rings. The van der Waals surface area contributed by atoms with Gasteiger partial charge < -0.3 is 14.5 Å². The average Bonchev–Trinajstić information content (AvgIpc) is 3.12. The molecule has 0 radical (unpaired) electrons. The molecule has 156 valence electrons. The summed E-state index contributed by atoms with van der Waals surface area (Å²) >= 11 is 3.47.